The second-order valence-corrected chi connectivity index (χ2v) is 9.62. The Bertz CT molecular complexity index is 1480. The number of nitrogens with one attached hydrogen (secondary N) is 1. The maximum atomic E-state index is 12.9. The van der Waals surface area contributed by atoms with E-state index < -0.39 is 16.1 Å². The molecule has 0 fully saturated rings. The molecule has 0 aliphatic carbocycles. The Hall–Kier alpha value is -3.90. The Balaban J connectivity index is 1.66. The fraction of sp³-hybridized carbons (Fsp3) is 0.148. The monoisotopic (exact) mass is 488 g/mol. The highest BCUT2D eigenvalue weighted by atomic mass is 32.2. The van der Waals surface area contributed by atoms with Gasteiger partial charge in [0.05, 0.1) is 28.3 Å². The molecular weight excluding hydrogens is 464 g/mol. The molecule has 1 atom stereocenters. The quantitative estimate of drug-likeness (QED) is 0.329. The zero-order valence-corrected chi connectivity index (χ0v) is 19.8. The number of methoxy groups -OCH3 is 1. The summed E-state index contributed by atoms with van der Waals surface area (Å²) in [7, 11) is -2.33. The van der Waals surface area contributed by atoms with Crippen molar-refractivity contribution >= 4 is 26.5 Å². The average Bonchev–Trinajstić information content (AvgIpc) is 2.88. The molecule has 35 heavy (non-hydrogen) atoms. The zero-order valence-electron chi connectivity index (χ0n) is 19.0. The first kappa shape index (κ1) is 24.2. The second-order valence-electron chi connectivity index (χ2n) is 7.94. The molecule has 2 N–H and O–H groups in total. The SMILES string of the molecule is COCOc1ccc(NS(=O)(=O)c2ccccc2)c(CC(O)c2ccc3ccc(C#N)cc3c2)c1. The summed E-state index contributed by atoms with van der Waals surface area (Å²) in [5.74, 6) is 0.480. The summed E-state index contributed by atoms with van der Waals surface area (Å²) in [6.07, 6.45) is -0.803. The molecule has 0 bridgehead atoms. The van der Waals surface area contributed by atoms with Gasteiger partial charge in [0.2, 0.25) is 0 Å². The topological polar surface area (TPSA) is 109 Å². The van der Waals surface area contributed by atoms with E-state index in [-0.39, 0.29) is 18.1 Å². The number of aliphatic hydroxyl groups is 1. The number of anilines is 1. The van der Waals surface area contributed by atoms with Crippen molar-refractivity contribution in [2.24, 2.45) is 0 Å². The van der Waals surface area contributed by atoms with Gasteiger partial charge in [-0.1, -0.05) is 36.4 Å². The fourth-order valence-corrected chi connectivity index (χ4v) is 4.85. The summed E-state index contributed by atoms with van der Waals surface area (Å²) >= 11 is 0. The summed E-state index contributed by atoms with van der Waals surface area (Å²) < 4.78 is 39.0. The van der Waals surface area contributed by atoms with E-state index in [1.807, 2.05) is 24.3 Å². The number of aliphatic hydroxyl groups excluding tert-OH is 1. The minimum atomic E-state index is -3.83. The molecule has 0 saturated carbocycles. The highest BCUT2D eigenvalue weighted by Crippen LogP contribution is 2.30. The Morgan fingerprint density at radius 2 is 1.74 bits per heavy atom. The first-order valence-corrected chi connectivity index (χ1v) is 12.3. The lowest BCUT2D eigenvalue weighted by Gasteiger charge is -2.18. The van der Waals surface area contributed by atoms with Crippen molar-refractivity contribution < 1.29 is 23.0 Å². The molecule has 8 heteroatoms. The maximum Gasteiger partial charge on any atom is 0.261 e. The Morgan fingerprint density at radius 3 is 2.49 bits per heavy atom. The summed E-state index contributed by atoms with van der Waals surface area (Å²) in [6.45, 7) is 0.0307. The van der Waals surface area contributed by atoms with Crippen molar-refractivity contribution in [3.8, 4) is 11.8 Å². The number of benzene rings is 4. The van der Waals surface area contributed by atoms with Crippen LogP contribution in [0.1, 0.15) is 22.8 Å². The molecule has 0 heterocycles. The third-order valence-electron chi connectivity index (χ3n) is 5.51. The standard InChI is InChI=1S/C27H24N2O5S/c1-33-18-34-24-11-12-26(29-35(31,32)25-5-3-2-4-6-25)23(15-24)16-27(30)21-10-9-20-8-7-19(17-28)13-22(20)14-21/h2-15,27,29-30H,16,18H2,1H3. The van der Waals surface area contributed by atoms with Gasteiger partial charge in [0.25, 0.3) is 10.0 Å². The molecule has 0 aliphatic rings. The van der Waals surface area contributed by atoms with Crippen LogP contribution >= 0.6 is 0 Å². The lowest BCUT2D eigenvalue weighted by Crippen LogP contribution is -2.15. The van der Waals surface area contributed by atoms with Crippen molar-refractivity contribution in [1.82, 2.24) is 0 Å². The fourth-order valence-electron chi connectivity index (χ4n) is 3.73. The molecule has 0 radical (unpaired) electrons. The largest absolute Gasteiger partial charge is 0.468 e. The molecule has 0 spiro atoms. The van der Waals surface area contributed by atoms with Crippen LogP contribution in [0.4, 0.5) is 5.69 Å². The smallest absolute Gasteiger partial charge is 0.261 e. The van der Waals surface area contributed by atoms with Crippen LogP contribution in [0.2, 0.25) is 0 Å². The summed E-state index contributed by atoms with van der Waals surface area (Å²) in [5, 5.41) is 22.0. The van der Waals surface area contributed by atoms with Gasteiger partial charge >= 0.3 is 0 Å². The van der Waals surface area contributed by atoms with Crippen LogP contribution in [0, 0.1) is 11.3 Å². The van der Waals surface area contributed by atoms with Crippen LogP contribution in [-0.4, -0.2) is 27.4 Å². The molecule has 4 aromatic carbocycles. The minimum Gasteiger partial charge on any atom is -0.468 e. The van der Waals surface area contributed by atoms with Gasteiger partial charge in [0, 0.05) is 13.5 Å². The van der Waals surface area contributed by atoms with Crippen molar-refractivity contribution in [3.63, 3.8) is 0 Å². The van der Waals surface area contributed by atoms with E-state index in [0.29, 0.717) is 28.1 Å². The predicted molar refractivity (Wildman–Crippen MR) is 134 cm³/mol. The molecule has 1 unspecified atom stereocenters. The summed E-state index contributed by atoms with van der Waals surface area (Å²) in [5.41, 5.74) is 2.07. The van der Waals surface area contributed by atoms with Crippen LogP contribution in [0.15, 0.2) is 89.8 Å². The number of rotatable bonds is 9. The van der Waals surface area contributed by atoms with Crippen molar-refractivity contribution in [2.75, 3.05) is 18.6 Å². The van der Waals surface area contributed by atoms with E-state index in [2.05, 4.69) is 10.8 Å². The number of sulfonamides is 1. The van der Waals surface area contributed by atoms with Gasteiger partial charge in [-0.25, -0.2) is 8.42 Å². The summed E-state index contributed by atoms with van der Waals surface area (Å²) in [6, 6.07) is 26.0. The van der Waals surface area contributed by atoms with Gasteiger partial charge < -0.3 is 14.6 Å². The maximum absolute atomic E-state index is 12.9. The van der Waals surface area contributed by atoms with Crippen LogP contribution < -0.4 is 9.46 Å². The highest BCUT2D eigenvalue weighted by Gasteiger charge is 2.19. The van der Waals surface area contributed by atoms with Gasteiger partial charge in [0.15, 0.2) is 6.79 Å². The third kappa shape index (κ3) is 5.78. The van der Waals surface area contributed by atoms with E-state index in [4.69, 9.17) is 9.47 Å². The Labute approximate surface area is 204 Å². The number of nitriles is 1. The molecule has 0 aliphatic heterocycles. The van der Waals surface area contributed by atoms with Gasteiger partial charge in [0.1, 0.15) is 5.75 Å². The Morgan fingerprint density at radius 1 is 0.971 bits per heavy atom. The van der Waals surface area contributed by atoms with E-state index in [0.717, 1.165) is 10.8 Å². The van der Waals surface area contributed by atoms with E-state index in [9.17, 15) is 18.8 Å². The normalized spacial score (nSPS) is 12.1. The van der Waals surface area contributed by atoms with E-state index in [1.54, 1.807) is 48.5 Å². The number of hydrogen-bond acceptors (Lipinski definition) is 6. The van der Waals surface area contributed by atoms with Gasteiger partial charge in [-0.2, -0.15) is 5.26 Å². The molecule has 4 aromatic rings. The first-order valence-electron chi connectivity index (χ1n) is 10.8. The van der Waals surface area contributed by atoms with E-state index >= 15 is 0 Å². The van der Waals surface area contributed by atoms with Crippen LogP contribution in [0.5, 0.6) is 5.75 Å². The average molecular weight is 489 g/mol. The second kappa shape index (κ2) is 10.6. The number of fused-ring (bicyclic) bond motifs is 1. The van der Waals surface area contributed by atoms with E-state index in [1.165, 1.54) is 19.2 Å². The molecule has 0 saturated heterocycles. The molecular formula is C27H24N2O5S. The van der Waals surface area contributed by atoms with Crippen LogP contribution in [-0.2, 0) is 21.2 Å². The molecule has 0 amide bonds. The zero-order chi connectivity index (χ0) is 24.8. The molecule has 4 rings (SSSR count). The van der Waals surface area contributed by atoms with Crippen LogP contribution in [0.3, 0.4) is 0 Å². The van der Waals surface area contributed by atoms with Gasteiger partial charge in [-0.15, -0.1) is 0 Å². The lowest BCUT2D eigenvalue weighted by atomic mass is 9.97. The number of ether oxygens (including phenoxy) is 2. The Kier molecular flexibility index (Phi) is 7.32. The first-order chi connectivity index (χ1) is 16.9. The minimum absolute atomic E-state index is 0.0307. The summed E-state index contributed by atoms with van der Waals surface area (Å²) in [4.78, 5) is 0.133. The molecule has 178 valence electrons. The van der Waals surface area contributed by atoms with Crippen molar-refractivity contribution in [3.05, 3.63) is 102 Å². The number of nitrogens with zero attached hydrogens (tertiary/aromatic N) is 1. The third-order valence-corrected chi connectivity index (χ3v) is 6.89. The molecule has 0 aromatic heterocycles. The molecule has 7 nitrogen and oxygen atoms in total. The highest BCUT2D eigenvalue weighted by molar-refractivity contribution is 7.92. The number of hydrogen-bond donors (Lipinski definition) is 2. The van der Waals surface area contributed by atoms with Crippen LogP contribution in [0.25, 0.3) is 10.8 Å². The van der Waals surface area contributed by atoms with Crippen molar-refractivity contribution in [2.45, 2.75) is 17.4 Å². The van der Waals surface area contributed by atoms with Gasteiger partial charge in [-0.05, 0) is 70.4 Å². The van der Waals surface area contributed by atoms with Gasteiger partial charge in [-0.3, -0.25) is 4.72 Å². The predicted octanol–water partition coefficient (Wildman–Crippen LogP) is 4.77. The lowest BCUT2D eigenvalue weighted by molar-refractivity contribution is 0.0510. The van der Waals surface area contributed by atoms with Crippen molar-refractivity contribution in [1.29, 1.82) is 5.26 Å².